The maximum Gasteiger partial charge on any atom is 0.228 e. The smallest absolute Gasteiger partial charge is 0.228 e. The highest BCUT2D eigenvalue weighted by atomic mass is 35.5. The van der Waals surface area contributed by atoms with E-state index in [9.17, 15) is 4.79 Å². The normalized spacial score (nSPS) is 14.8. The first kappa shape index (κ1) is 16.7. The van der Waals surface area contributed by atoms with Crippen LogP contribution in [0.5, 0.6) is 0 Å². The fourth-order valence-electron chi connectivity index (χ4n) is 2.81. The number of carbonyl (C=O) groups excluding carboxylic acids is 1. The van der Waals surface area contributed by atoms with Crippen LogP contribution in [0.1, 0.15) is 6.42 Å². The number of halogens is 1. The second kappa shape index (κ2) is 7.20. The lowest BCUT2D eigenvalue weighted by molar-refractivity contribution is -0.118. The number of nitrogens with zero attached hydrogens (tertiary/aromatic N) is 4. The number of benzene rings is 1. The number of rotatable bonds is 4. The number of pyridine rings is 1. The van der Waals surface area contributed by atoms with Crippen molar-refractivity contribution in [1.82, 2.24) is 9.88 Å². The van der Waals surface area contributed by atoms with Crippen LogP contribution >= 0.6 is 11.6 Å². The summed E-state index contributed by atoms with van der Waals surface area (Å²) in [6.45, 7) is 2.01. The van der Waals surface area contributed by atoms with Crippen molar-refractivity contribution < 1.29 is 4.79 Å². The van der Waals surface area contributed by atoms with Crippen LogP contribution in [-0.2, 0) is 4.79 Å². The molecule has 1 aromatic carbocycles. The Morgan fingerprint density at radius 1 is 1.17 bits per heavy atom. The number of carbonyl (C=O) groups is 1. The van der Waals surface area contributed by atoms with E-state index in [1.807, 2.05) is 55.4 Å². The van der Waals surface area contributed by atoms with E-state index in [4.69, 9.17) is 11.6 Å². The van der Waals surface area contributed by atoms with Crippen LogP contribution in [-0.4, -0.2) is 49.5 Å². The first-order chi connectivity index (χ1) is 11.6. The molecule has 2 heterocycles. The van der Waals surface area contributed by atoms with Crippen LogP contribution in [0.3, 0.4) is 0 Å². The summed E-state index contributed by atoms with van der Waals surface area (Å²) in [6.07, 6.45) is 0.441. The fraction of sp³-hybridized carbons (Fsp3) is 0.333. The summed E-state index contributed by atoms with van der Waals surface area (Å²) >= 11 is 6.14. The molecule has 0 spiro atoms. The second-order valence-corrected chi connectivity index (χ2v) is 6.45. The Hall–Kier alpha value is -2.11. The molecule has 1 aromatic heterocycles. The maximum absolute atomic E-state index is 12.7. The van der Waals surface area contributed by atoms with Crippen molar-refractivity contribution in [3.8, 4) is 0 Å². The summed E-state index contributed by atoms with van der Waals surface area (Å²) in [6, 6.07) is 13.6. The van der Waals surface area contributed by atoms with E-state index in [1.54, 1.807) is 6.07 Å². The molecule has 2 aromatic rings. The highest BCUT2D eigenvalue weighted by Gasteiger charge is 2.28. The summed E-state index contributed by atoms with van der Waals surface area (Å²) in [4.78, 5) is 23.1. The Morgan fingerprint density at radius 3 is 2.62 bits per heavy atom. The maximum atomic E-state index is 12.7. The number of aromatic nitrogens is 1. The average Bonchev–Trinajstić information content (AvgIpc) is 2.70. The second-order valence-electron chi connectivity index (χ2n) is 6.06. The van der Waals surface area contributed by atoms with Crippen LogP contribution < -0.4 is 9.80 Å². The highest BCUT2D eigenvalue weighted by molar-refractivity contribution is 6.29. The third-order valence-electron chi connectivity index (χ3n) is 4.06. The van der Waals surface area contributed by atoms with Crippen LogP contribution in [0.15, 0.2) is 42.5 Å². The van der Waals surface area contributed by atoms with E-state index in [0.29, 0.717) is 24.7 Å². The Balaban J connectivity index is 2.04. The molecular weight excluding hydrogens is 324 g/mol. The third kappa shape index (κ3) is 3.52. The molecular formula is C18H21ClN4O. The topological polar surface area (TPSA) is 39.7 Å². The zero-order valence-electron chi connectivity index (χ0n) is 13.9. The molecule has 24 heavy (non-hydrogen) atoms. The largest absolute Gasteiger partial charge is 0.324 e. The van der Waals surface area contributed by atoms with Gasteiger partial charge in [0.15, 0.2) is 5.82 Å². The van der Waals surface area contributed by atoms with Gasteiger partial charge in [-0.1, -0.05) is 29.8 Å². The van der Waals surface area contributed by atoms with Gasteiger partial charge in [0.2, 0.25) is 5.91 Å². The van der Waals surface area contributed by atoms with Crippen LogP contribution in [0, 0.1) is 0 Å². The molecule has 6 heteroatoms. The van der Waals surface area contributed by atoms with Gasteiger partial charge < -0.3 is 14.7 Å². The third-order valence-corrected chi connectivity index (χ3v) is 4.27. The van der Waals surface area contributed by atoms with Gasteiger partial charge >= 0.3 is 0 Å². The fourth-order valence-corrected chi connectivity index (χ4v) is 2.96. The molecule has 0 aliphatic carbocycles. The van der Waals surface area contributed by atoms with Gasteiger partial charge in [-0.3, -0.25) is 4.79 Å². The Bertz CT molecular complexity index is 720. The number of likely N-dealkylation sites (N-methyl/N-ethyl adjacent to an activating group) is 1. The minimum absolute atomic E-state index is 0.112. The molecule has 0 atom stereocenters. The highest BCUT2D eigenvalue weighted by Crippen LogP contribution is 2.36. The molecule has 0 bridgehead atoms. The molecule has 0 radical (unpaired) electrons. The predicted octanol–water partition coefficient (Wildman–Crippen LogP) is 3.17. The summed E-state index contributed by atoms with van der Waals surface area (Å²) in [7, 11) is 4.00. The zero-order valence-corrected chi connectivity index (χ0v) is 14.7. The summed E-state index contributed by atoms with van der Waals surface area (Å²) in [5, 5.41) is 0.427. The SMILES string of the molecule is CN(C)CCN1C(=O)CCN(c2ccccc2)c2nc(Cl)ccc21. The summed E-state index contributed by atoms with van der Waals surface area (Å²) < 4.78 is 0. The minimum atomic E-state index is 0.112. The van der Waals surface area contributed by atoms with Gasteiger partial charge in [0.05, 0.1) is 5.69 Å². The molecule has 126 valence electrons. The lowest BCUT2D eigenvalue weighted by Gasteiger charge is -2.26. The van der Waals surface area contributed by atoms with Crippen LogP contribution in [0.4, 0.5) is 17.2 Å². The van der Waals surface area contributed by atoms with Gasteiger partial charge in [0, 0.05) is 31.7 Å². The molecule has 1 aliphatic heterocycles. The Labute approximate surface area is 147 Å². The monoisotopic (exact) mass is 344 g/mol. The summed E-state index contributed by atoms with van der Waals surface area (Å²) in [5.41, 5.74) is 1.82. The number of amides is 1. The van der Waals surface area contributed by atoms with Gasteiger partial charge in [-0.2, -0.15) is 0 Å². The van der Waals surface area contributed by atoms with E-state index in [2.05, 4.69) is 14.8 Å². The molecule has 0 saturated carbocycles. The molecule has 0 N–H and O–H groups in total. The average molecular weight is 345 g/mol. The lowest BCUT2D eigenvalue weighted by Crippen LogP contribution is -2.36. The van der Waals surface area contributed by atoms with E-state index in [-0.39, 0.29) is 5.91 Å². The first-order valence-corrected chi connectivity index (χ1v) is 8.38. The number of hydrogen-bond donors (Lipinski definition) is 0. The standard InChI is InChI=1S/C18H21ClN4O/c1-21(2)12-13-23-15-8-9-16(19)20-18(15)22(11-10-17(23)24)14-6-4-3-5-7-14/h3-9H,10-13H2,1-2H3. The van der Waals surface area contributed by atoms with Crippen molar-refractivity contribution >= 4 is 34.7 Å². The van der Waals surface area contributed by atoms with E-state index in [1.165, 1.54) is 0 Å². The van der Waals surface area contributed by atoms with Crippen molar-refractivity contribution in [1.29, 1.82) is 0 Å². The summed E-state index contributed by atoms with van der Waals surface area (Å²) in [5.74, 6) is 0.846. The zero-order chi connectivity index (χ0) is 17.1. The van der Waals surface area contributed by atoms with Crippen molar-refractivity contribution in [2.75, 3.05) is 43.5 Å². The number of hydrogen-bond acceptors (Lipinski definition) is 4. The van der Waals surface area contributed by atoms with Crippen LogP contribution in [0.2, 0.25) is 5.15 Å². The molecule has 1 amide bonds. The van der Waals surface area contributed by atoms with Gasteiger partial charge in [0.25, 0.3) is 0 Å². The molecule has 5 nitrogen and oxygen atoms in total. The molecule has 0 unspecified atom stereocenters. The van der Waals surface area contributed by atoms with Crippen molar-refractivity contribution in [3.05, 3.63) is 47.6 Å². The van der Waals surface area contributed by atoms with Gasteiger partial charge in [0.1, 0.15) is 5.15 Å². The molecule has 0 fully saturated rings. The van der Waals surface area contributed by atoms with E-state index < -0.39 is 0 Å². The van der Waals surface area contributed by atoms with Gasteiger partial charge in [-0.05, 0) is 38.4 Å². The first-order valence-electron chi connectivity index (χ1n) is 8.00. The molecule has 1 aliphatic rings. The van der Waals surface area contributed by atoms with E-state index >= 15 is 0 Å². The molecule has 3 rings (SSSR count). The number of fused-ring (bicyclic) bond motifs is 1. The van der Waals surface area contributed by atoms with E-state index in [0.717, 1.165) is 23.7 Å². The number of anilines is 3. The predicted molar refractivity (Wildman–Crippen MR) is 98.2 cm³/mol. The van der Waals surface area contributed by atoms with Crippen molar-refractivity contribution in [2.45, 2.75) is 6.42 Å². The van der Waals surface area contributed by atoms with Crippen molar-refractivity contribution in [3.63, 3.8) is 0 Å². The Morgan fingerprint density at radius 2 is 1.92 bits per heavy atom. The molecule has 0 saturated heterocycles. The quantitative estimate of drug-likeness (QED) is 0.799. The lowest BCUT2D eigenvalue weighted by atomic mass is 10.2. The van der Waals surface area contributed by atoms with Crippen LogP contribution in [0.25, 0.3) is 0 Å². The minimum Gasteiger partial charge on any atom is -0.324 e. The van der Waals surface area contributed by atoms with Gasteiger partial charge in [-0.15, -0.1) is 0 Å². The van der Waals surface area contributed by atoms with Gasteiger partial charge in [-0.25, -0.2) is 4.98 Å². The van der Waals surface area contributed by atoms with Crippen molar-refractivity contribution in [2.24, 2.45) is 0 Å². The number of para-hydroxylation sites is 1. The Kier molecular flexibility index (Phi) is 5.02.